The molecular formula is C8H12N2O3. The van der Waals surface area contributed by atoms with Gasteiger partial charge in [0.2, 0.25) is 0 Å². The predicted molar refractivity (Wildman–Crippen MR) is 46.4 cm³/mol. The summed E-state index contributed by atoms with van der Waals surface area (Å²) in [6.45, 7) is 0.490. The number of rotatable bonds is 1. The Bertz CT molecular complexity index is 260. The average molecular weight is 184 g/mol. The number of carboxylic acid groups (broad SMARTS) is 1. The van der Waals surface area contributed by atoms with Crippen LogP contribution in [0.5, 0.6) is 0 Å². The third-order valence-electron chi connectivity index (χ3n) is 1.92. The molecule has 5 heteroatoms. The maximum atomic E-state index is 11.2. The molecule has 0 aromatic rings. The van der Waals surface area contributed by atoms with Crippen LogP contribution in [0, 0.1) is 0 Å². The van der Waals surface area contributed by atoms with E-state index in [-0.39, 0.29) is 18.7 Å². The fourth-order valence-electron chi connectivity index (χ4n) is 1.23. The molecule has 1 fully saturated rings. The van der Waals surface area contributed by atoms with Gasteiger partial charge in [0, 0.05) is 31.8 Å². The Morgan fingerprint density at radius 1 is 1.69 bits per heavy atom. The Morgan fingerprint density at radius 2 is 2.38 bits per heavy atom. The van der Waals surface area contributed by atoms with Gasteiger partial charge < -0.3 is 15.3 Å². The van der Waals surface area contributed by atoms with Crippen LogP contribution in [0.4, 0.5) is 4.79 Å². The van der Waals surface area contributed by atoms with E-state index in [0.29, 0.717) is 12.1 Å². The molecule has 1 heterocycles. The number of carbonyl (C=O) groups excluding carboxylic acids is 1. The minimum atomic E-state index is -0.977. The Balaban J connectivity index is 2.69. The lowest BCUT2D eigenvalue weighted by Gasteiger charge is -2.24. The highest BCUT2D eigenvalue weighted by atomic mass is 16.4. The highest BCUT2D eigenvalue weighted by molar-refractivity contribution is 5.97. The molecule has 0 aromatic heterocycles. The molecule has 1 aliphatic heterocycles. The van der Waals surface area contributed by atoms with Gasteiger partial charge in [-0.25, -0.2) is 4.79 Å². The minimum Gasteiger partial charge on any atom is -0.465 e. The van der Waals surface area contributed by atoms with E-state index in [1.54, 1.807) is 13.2 Å². The van der Waals surface area contributed by atoms with Crippen molar-refractivity contribution >= 4 is 11.9 Å². The average Bonchev–Trinajstić information content (AvgIpc) is 2.08. The first-order chi connectivity index (χ1) is 6.15. The van der Waals surface area contributed by atoms with Crippen LogP contribution < -0.4 is 5.32 Å². The maximum absolute atomic E-state index is 11.2. The third kappa shape index (κ3) is 2.21. The fraction of sp³-hybridized carbons (Fsp3) is 0.500. The van der Waals surface area contributed by atoms with Crippen molar-refractivity contribution < 1.29 is 14.7 Å². The second-order valence-electron chi connectivity index (χ2n) is 2.84. The Kier molecular flexibility index (Phi) is 2.89. The number of ketones is 1. The van der Waals surface area contributed by atoms with Gasteiger partial charge in [-0.2, -0.15) is 0 Å². The molecule has 1 saturated heterocycles. The molecule has 0 spiro atoms. The van der Waals surface area contributed by atoms with Gasteiger partial charge in [0.05, 0.1) is 6.54 Å². The molecular weight excluding hydrogens is 172 g/mol. The van der Waals surface area contributed by atoms with E-state index in [0.717, 1.165) is 0 Å². The Labute approximate surface area is 76.0 Å². The summed E-state index contributed by atoms with van der Waals surface area (Å²) in [7, 11) is 1.68. The lowest BCUT2D eigenvalue weighted by Crippen LogP contribution is -2.39. The van der Waals surface area contributed by atoms with Crippen molar-refractivity contribution in [3.63, 3.8) is 0 Å². The number of nitrogens with one attached hydrogen (secondary N) is 1. The van der Waals surface area contributed by atoms with Crippen molar-refractivity contribution in [3.8, 4) is 0 Å². The Morgan fingerprint density at radius 3 is 2.92 bits per heavy atom. The van der Waals surface area contributed by atoms with Crippen LogP contribution in [0.3, 0.4) is 0 Å². The predicted octanol–water partition coefficient (Wildman–Crippen LogP) is 0.0425. The van der Waals surface area contributed by atoms with Crippen molar-refractivity contribution in [3.05, 3.63) is 11.8 Å². The molecule has 0 atom stereocenters. The molecule has 0 radical (unpaired) electrons. The first-order valence-corrected chi connectivity index (χ1v) is 4.02. The molecule has 2 N–H and O–H groups in total. The van der Waals surface area contributed by atoms with Gasteiger partial charge in [0.1, 0.15) is 0 Å². The molecule has 1 amide bonds. The summed E-state index contributed by atoms with van der Waals surface area (Å²) < 4.78 is 0. The lowest BCUT2D eigenvalue weighted by molar-refractivity contribution is -0.117. The molecule has 0 unspecified atom stereocenters. The number of hydrogen-bond donors (Lipinski definition) is 2. The first kappa shape index (κ1) is 9.57. The second-order valence-corrected chi connectivity index (χ2v) is 2.84. The molecule has 1 aliphatic rings. The zero-order valence-corrected chi connectivity index (χ0v) is 7.41. The van der Waals surface area contributed by atoms with E-state index in [9.17, 15) is 9.59 Å². The van der Waals surface area contributed by atoms with Crippen LogP contribution in [0.25, 0.3) is 0 Å². The van der Waals surface area contributed by atoms with Crippen molar-refractivity contribution in [2.75, 3.05) is 20.1 Å². The lowest BCUT2D eigenvalue weighted by atomic mass is 10.1. The zero-order valence-electron chi connectivity index (χ0n) is 7.41. The fourth-order valence-corrected chi connectivity index (χ4v) is 1.23. The van der Waals surface area contributed by atoms with E-state index in [1.807, 2.05) is 0 Å². The molecule has 0 aliphatic carbocycles. The van der Waals surface area contributed by atoms with Crippen LogP contribution in [-0.4, -0.2) is 42.0 Å². The SMILES string of the molecule is CN/C=C1\CN(C(=O)O)CCC1=O. The smallest absolute Gasteiger partial charge is 0.407 e. The molecule has 0 bridgehead atoms. The van der Waals surface area contributed by atoms with Crippen LogP contribution in [0.15, 0.2) is 11.8 Å². The van der Waals surface area contributed by atoms with Gasteiger partial charge >= 0.3 is 6.09 Å². The minimum absolute atomic E-state index is 0.0202. The van der Waals surface area contributed by atoms with Crippen molar-refractivity contribution in [2.24, 2.45) is 0 Å². The normalized spacial score (nSPS) is 20.5. The summed E-state index contributed by atoms with van der Waals surface area (Å²) in [5, 5.41) is 11.4. The monoisotopic (exact) mass is 184 g/mol. The van der Waals surface area contributed by atoms with Crippen LogP contribution >= 0.6 is 0 Å². The van der Waals surface area contributed by atoms with Crippen LogP contribution in [-0.2, 0) is 4.79 Å². The molecule has 13 heavy (non-hydrogen) atoms. The standard InChI is InChI=1S/C8H12N2O3/c1-9-4-6-5-10(8(12)13)3-2-7(6)11/h4,9H,2-3,5H2,1H3,(H,12,13)/b6-4+. The quantitative estimate of drug-likeness (QED) is 0.564. The van der Waals surface area contributed by atoms with Gasteiger partial charge in [-0.15, -0.1) is 0 Å². The summed E-state index contributed by atoms with van der Waals surface area (Å²) in [5.74, 6) is 0.0202. The van der Waals surface area contributed by atoms with Crippen molar-refractivity contribution in [2.45, 2.75) is 6.42 Å². The van der Waals surface area contributed by atoms with Crippen LogP contribution in [0.2, 0.25) is 0 Å². The molecule has 0 saturated carbocycles. The van der Waals surface area contributed by atoms with Gasteiger partial charge in [-0.1, -0.05) is 0 Å². The summed E-state index contributed by atoms with van der Waals surface area (Å²) >= 11 is 0. The van der Waals surface area contributed by atoms with E-state index in [2.05, 4.69) is 5.32 Å². The van der Waals surface area contributed by atoms with Crippen LogP contribution in [0.1, 0.15) is 6.42 Å². The largest absolute Gasteiger partial charge is 0.465 e. The maximum Gasteiger partial charge on any atom is 0.407 e. The van der Waals surface area contributed by atoms with E-state index >= 15 is 0 Å². The van der Waals surface area contributed by atoms with Gasteiger partial charge in [-0.05, 0) is 0 Å². The summed E-state index contributed by atoms with van der Waals surface area (Å²) in [4.78, 5) is 23.0. The zero-order chi connectivity index (χ0) is 9.84. The highest BCUT2D eigenvalue weighted by Gasteiger charge is 2.23. The molecule has 0 aromatic carbocycles. The van der Waals surface area contributed by atoms with E-state index in [1.165, 1.54) is 4.90 Å². The van der Waals surface area contributed by atoms with Gasteiger partial charge in [0.25, 0.3) is 0 Å². The second kappa shape index (κ2) is 3.93. The Hall–Kier alpha value is -1.52. The number of hydrogen-bond acceptors (Lipinski definition) is 3. The summed E-state index contributed by atoms with van der Waals surface area (Å²) in [6.07, 6.45) is 0.853. The van der Waals surface area contributed by atoms with Crippen molar-refractivity contribution in [1.29, 1.82) is 0 Å². The van der Waals surface area contributed by atoms with Gasteiger partial charge in [0.15, 0.2) is 5.78 Å². The molecule has 72 valence electrons. The van der Waals surface area contributed by atoms with Crippen molar-refractivity contribution in [1.82, 2.24) is 10.2 Å². The number of likely N-dealkylation sites (tertiary alicyclic amines) is 1. The van der Waals surface area contributed by atoms with Gasteiger partial charge in [-0.3, -0.25) is 4.79 Å². The molecule has 1 rings (SSSR count). The summed E-state index contributed by atoms with van der Waals surface area (Å²) in [5.41, 5.74) is 0.524. The first-order valence-electron chi connectivity index (χ1n) is 4.02. The topological polar surface area (TPSA) is 69.6 Å². The molecule has 5 nitrogen and oxygen atoms in total. The van der Waals surface area contributed by atoms with E-state index < -0.39 is 6.09 Å². The number of piperidine rings is 1. The summed E-state index contributed by atoms with van der Waals surface area (Å²) in [6, 6.07) is 0. The highest BCUT2D eigenvalue weighted by Crippen LogP contribution is 2.11. The number of carbonyl (C=O) groups is 2. The van der Waals surface area contributed by atoms with E-state index in [4.69, 9.17) is 5.11 Å². The number of nitrogens with zero attached hydrogens (tertiary/aromatic N) is 1. The number of Topliss-reactive ketones (excluding diaryl/α,β-unsaturated/α-hetero) is 1. The third-order valence-corrected chi connectivity index (χ3v) is 1.92. The number of amides is 1.